The van der Waals surface area contributed by atoms with Crippen molar-refractivity contribution in [2.75, 3.05) is 11.4 Å². The van der Waals surface area contributed by atoms with Crippen LogP contribution in [0.5, 0.6) is 0 Å². The molecule has 1 aliphatic heterocycles. The fourth-order valence-corrected chi connectivity index (χ4v) is 3.62. The Balaban J connectivity index is 1.71. The summed E-state index contributed by atoms with van der Waals surface area (Å²) in [5.41, 5.74) is 1.69. The van der Waals surface area contributed by atoms with Gasteiger partial charge in [-0.3, -0.25) is 14.4 Å². The van der Waals surface area contributed by atoms with Crippen LogP contribution in [0.4, 0.5) is 5.82 Å². The fourth-order valence-electron chi connectivity index (χ4n) is 2.77. The zero-order valence-electron chi connectivity index (χ0n) is 14.3. The van der Waals surface area contributed by atoms with E-state index in [1.807, 2.05) is 40.1 Å². The Kier molecular flexibility index (Phi) is 4.66. The highest BCUT2D eigenvalue weighted by molar-refractivity contribution is 7.13. The Morgan fingerprint density at radius 1 is 1.46 bits per heavy atom. The Labute approximate surface area is 144 Å². The third kappa shape index (κ3) is 3.33. The Morgan fingerprint density at radius 2 is 2.25 bits per heavy atom. The van der Waals surface area contributed by atoms with Gasteiger partial charge in [-0.2, -0.15) is 5.10 Å². The number of piperidine rings is 1. The topological polar surface area (TPSA) is 72.6 Å². The first-order chi connectivity index (χ1) is 11.5. The first-order valence-electron chi connectivity index (χ1n) is 7.91. The second-order valence-electron chi connectivity index (χ2n) is 5.90. The summed E-state index contributed by atoms with van der Waals surface area (Å²) in [4.78, 5) is 25.3. The lowest BCUT2D eigenvalue weighted by atomic mass is 10.1. The SMILES string of the molecule is C/C(=N\OC1CCCN(c2ccn(C)n2)C1=O)c1sc(C)nc1C. The standard InChI is InChI=1S/C16H21N5O2S/c1-10-15(24-12(3)17-10)11(2)19-23-13-6-5-8-21(16(13)22)14-7-9-20(4)18-14/h7,9,13H,5-6,8H2,1-4H3/b19-11+. The molecule has 0 aromatic carbocycles. The van der Waals surface area contributed by atoms with Crippen LogP contribution in [0.1, 0.15) is 35.3 Å². The molecule has 1 fully saturated rings. The molecule has 1 amide bonds. The highest BCUT2D eigenvalue weighted by Crippen LogP contribution is 2.22. The molecule has 0 bridgehead atoms. The van der Waals surface area contributed by atoms with Gasteiger partial charge >= 0.3 is 0 Å². The number of carbonyl (C=O) groups excluding carboxylic acids is 1. The van der Waals surface area contributed by atoms with Gasteiger partial charge in [-0.15, -0.1) is 11.3 Å². The molecule has 128 valence electrons. The van der Waals surface area contributed by atoms with Gasteiger partial charge in [0.15, 0.2) is 5.82 Å². The van der Waals surface area contributed by atoms with E-state index in [-0.39, 0.29) is 5.91 Å². The molecule has 3 rings (SSSR count). The van der Waals surface area contributed by atoms with Crippen molar-refractivity contribution in [1.82, 2.24) is 14.8 Å². The quantitative estimate of drug-likeness (QED) is 0.629. The minimum absolute atomic E-state index is 0.0892. The van der Waals surface area contributed by atoms with Crippen molar-refractivity contribution in [1.29, 1.82) is 0 Å². The summed E-state index contributed by atoms with van der Waals surface area (Å²) in [5.74, 6) is 0.569. The van der Waals surface area contributed by atoms with Gasteiger partial charge in [0, 0.05) is 25.9 Å². The number of hydrogen-bond donors (Lipinski definition) is 0. The molecule has 24 heavy (non-hydrogen) atoms. The molecule has 1 saturated heterocycles. The number of thiazole rings is 1. The molecule has 2 aromatic rings. The zero-order chi connectivity index (χ0) is 17.3. The number of aryl methyl sites for hydroxylation is 3. The van der Waals surface area contributed by atoms with Gasteiger partial charge in [0.1, 0.15) is 0 Å². The molecule has 0 spiro atoms. The van der Waals surface area contributed by atoms with Crippen molar-refractivity contribution in [3.8, 4) is 0 Å². The first kappa shape index (κ1) is 16.6. The minimum atomic E-state index is -0.565. The highest BCUT2D eigenvalue weighted by Gasteiger charge is 2.32. The molecule has 1 unspecified atom stereocenters. The van der Waals surface area contributed by atoms with Crippen molar-refractivity contribution >= 4 is 28.8 Å². The van der Waals surface area contributed by atoms with Crippen LogP contribution in [0.3, 0.4) is 0 Å². The van der Waals surface area contributed by atoms with Crippen molar-refractivity contribution in [2.24, 2.45) is 12.2 Å². The molecular formula is C16H21N5O2S. The van der Waals surface area contributed by atoms with Crippen LogP contribution in [0.2, 0.25) is 0 Å². The van der Waals surface area contributed by atoms with Crippen LogP contribution in [0.15, 0.2) is 17.4 Å². The van der Waals surface area contributed by atoms with E-state index in [1.165, 1.54) is 0 Å². The second kappa shape index (κ2) is 6.72. The van der Waals surface area contributed by atoms with Crippen molar-refractivity contribution in [3.63, 3.8) is 0 Å². The van der Waals surface area contributed by atoms with Gasteiger partial charge in [0.05, 0.1) is 21.3 Å². The van der Waals surface area contributed by atoms with Crippen LogP contribution in [-0.2, 0) is 16.7 Å². The van der Waals surface area contributed by atoms with Crippen LogP contribution < -0.4 is 4.90 Å². The maximum atomic E-state index is 12.6. The van der Waals surface area contributed by atoms with E-state index in [4.69, 9.17) is 4.84 Å². The molecule has 0 aliphatic carbocycles. The van der Waals surface area contributed by atoms with Gasteiger partial charge in [-0.25, -0.2) is 4.98 Å². The third-order valence-electron chi connectivity index (χ3n) is 3.91. The second-order valence-corrected chi connectivity index (χ2v) is 7.10. The van der Waals surface area contributed by atoms with Gasteiger partial charge in [0.25, 0.3) is 5.91 Å². The van der Waals surface area contributed by atoms with Gasteiger partial charge in [0.2, 0.25) is 6.10 Å². The van der Waals surface area contributed by atoms with E-state index in [0.717, 1.165) is 27.7 Å². The molecule has 3 heterocycles. The molecule has 2 aromatic heterocycles. The lowest BCUT2D eigenvalue weighted by molar-refractivity contribution is -0.132. The van der Waals surface area contributed by atoms with E-state index in [0.29, 0.717) is 18.8 Å². The number of anilines is 1. The number of nitrogens with zero attached hydrogens (tertiary/aromatic N) is 5. The number of aromatic nitrogens is 3. The van der Waals surface area contributed by atoms with E-state index >= 15 is 0 Å². The largest absolute Gasteiger partial charge is 0.382 e. The van der Waals surface area contributed by atoms with Crippen LogP contribution in [0.25, 0.3) is 0 Å². The average Bonchev–Trinajstić information content (AvgIpc) is 3.11. The van der Waals surface area contributed by atoms with Gasteiger partial charge in [-0.05, 0) is 33.6 Å². The number of hydrogen-bond acceptors (Lipinski definition) is 6. The summed E-state index contributed by atoms with van der Waals surface area (Å²) in [6.45, 7) is 6.45. The zero-order valence-corrected chi connectivity index (χ0v) is 15.1. The fraction of sp³-hybridized carbons (Fsp3) is 0.500. The Morgan fingerprint density at radius 3 is 2.88 bits per heavy atom. The van der Waals surface area contributed by atoms with E-state index in [9.17, 15) is 4.79 Å². The molecule has 0 radical (unpaired) electrons. The Bertz CT molecular complexity index is 779. The summed E-state index contributed by atoms with van der Waals surface area (Å²) >= 11 is 1.58. The average molecular weight is 347 g/mol. The summed E-state index contributed by atoms with van der Waals surface area (Å²) in [5, 5.41) is 9.48. The molecule has 7 nitrogen and oxygen atoms in total. The highest BCUT2D eigenvalue weighted by atomic mass is 32.1. The number of carbonyl (C=O) groups is 1. The van der Waals surface area contributed by atoms with E-state index in [2.05, 4.69) is 15.2 Å². The van der Waals surface area contributed by atoms with E-state index in [1.54, 1.807) is 20.9 Å². The van der Waals surface area contributed by atoms with Crippen LogP contribution in [0, 0.1) is 13.8 Å². The maximum absolute atomic E-state index is 12.6. The third-order valence-corrected chi connectivity index (χ3v) is 5.10. The van der Waals surface area contributed by atoms with Gasteiger partial charge in [-0.1, -0.05) is 5.16 Å². The van der Waals surface area contributed by atoms with Crippen molar-refractivity contribution in [3.05, 3.63) is 27.8 Å². The molecular weight excluding hydrogens is 326 g/mol. The molecule has 0 saturated carbocycles. The summed E-state index contributed by atoms with van der Waals surface area (Å²) in [6.07, 6.45) is 2.79. The Hall–Kier alpha value is -2.22. The maximum Gasteiger partial charge on any atom is 0.272 e. The molecule has 0 N–H and O–H groups in total. The smallest absolute Gasteiger partial charge is 0.272 e. The van der Waals surface area contributed by atoms with Gasteiger partial charge < -0.3 is 4.84 Å². The summed E-state index contributed by atoms with van der Waals surface area (Å²) < 4.78 is 1.68. The first-order valence-corrected chi connectivity index (χ1v) is 8.73. The van der Waals surface area contributed by atoms with Crippen LogP contribution >= 0.6 is 11.3 Å². The summed E-state index contributed by atoms with van der Waals surface area (Å²) in [7, 11) is 1.83. The van der Waals surface area contributed by atoms with Crippen molar-refractivity contribution < 1.29 is 9.63 Å². The minimum Gasteiger partial charge on any atom is -0.382 e. The molecule has 8 heteroatoms. The number of amides is 1. The number of oxime groups is 1. The summed E-state index contributed by atoms with van der Waals surface area (Å²) in [6, 6.07) is 1.83. The predicted molar refractivity (Wildman–Crippen MR) is 93.5 cm³/mol. The monoisotopic (exact) mass is 347 g/mol. The lowest BCUT2D eigenvalue weighted by Crippen LogP contribution is -2.45. The number of rotatable bonds is 4. The molecule has 1 aliphatic rings. The van der Waals surface area contributed by atoms with E-state index < -0.39 is 6.10 Å². The molecule has 1 atom stereocenters. The predicted octanol–water partition coefficient (Wildman–Crippen LogP) is 2.43. The van der Waals surface area contributed by atoms with Crippen molar-refractivity contribution in [2.45, 2.75) is 39.7 Å². The van der Waals surface area contributed by atoms with Crippen LogP contribution in [-0.4, -0.2) is 39.0 Å². The normalized spacial score (nSPS) is 19.0. The lowest BCUT2D eigenvalue weighted by Gasteiger charge is -2.29.